The molecule has 6 saturated carbocycles. The molecule has 8 aliphatic carbocycles. The Morgan fingerprint density at radius 3 is 1.38 bits per heavy atom. The summed E-state index contributed by atoms with van der Waals surface area (Å²) in [4.78, 5) is 0. The van der Waals surface area contributed by atoms with Gasteiger partial charge in [0.2, 0.25) is 0 Å². The number of epoxide rings is 2. The highest BCUT2D eigenvalue weighted by Gasteiger charge is 2.80. The predicted molar refractivity (Wildman–Crippen MR) is 175 cm³/mol. The van der Waals surface area contributed by atoms with Gasteiger partial charge in [-0.1, -0.05) is 26.0 Å². The van der Waals surface area contributed by atoms with Crippen molar-refractivity contribution in [1.29, 1.82) is 0 Å². The summed E-state index contributed by atoms with van der Waals surface area (Å²) in [6.45, 7) is 7.54. The van der Waals surface area contributed by atoms with E-state index in [0.717, 1.165) is 103 Å². The molecule has 4 heterocycles. The van der Waals surface area contributed by atoms with Crippen LogP contribution < -0.4 is 0 Å². The van der Waals surface area contributed by atoms with Gasteiger partial charge in [-0.05, 0) is 112 Å². The van der Waals surface area contributed by atoms with Crippen LogP contribution in [0.5, 0.6) is 0 Å². The number of ether oxygens (including phenoxy) is 6. The fraction of sp³-hybridized carbons (Fsp3) is 0.900. The molecule has 10 fully saturated rings. The third-order valence-corrected chi connectivity index (χ3v) is 17.2. The largest absolute Gasteiger partial charge is 0.393 e. The first-order chi connectivity index (χ1) is 23.1. The summed E-state index contributed by atoms with van der Waals surface area (Å²) in [5, 5.41) is 21.1. The molecule has 0 aromatic carbocycles. The molecule has 0 bridgehead atoms. The summed E-state index contributed by atoms with van der Waals surface area (Å²) in [6, 6.07) is 0. The summed E-state index contributed by atoms with van der Waals surface area (Å²) >= 11 is 0. The molecule has 0 radical (unpaired) electrons. The van der Waals surface area contributed by atoms with E-state index in [1.807, 2.05) is 0 Å². The van der Waals surface area contributed by atoms with Crippen LogP contribution in [0.4, 0.5) is 0 Å². The molecule has 0 aromatic heterocycles. The van der Waals surface area contributed by atoms with E-state index in [-0.39, 0.29) is 57.0 Å². The first-order valence-corrected chi connectivity index (χ1v) is 19.8. The summed E-state index contributed by atoms with van der Waals surface area (Å²) < 4.78 is 37.2. The van der Waals surface area contributed by atoms with Crippen molar-refractivity contribution in [3.05, 3.63) is 23.3 Å². The lowest BCUT2D eigenvalue weighted by Gasteiger charge is -2.49. The second-order valence-electron chi connectivity index (χ2n) is 18.8. The Kier molecular flexibility index (Phi) is 6.13. The molecule has 0 unspecified atom stereocenters. The van der Waals surface area contributed by atoms with Crippen LogP contribution in [-0.4, -0.2) is 82.8 Å². The van der Waals surface area contributed by atoms with Crippen LogP contribution in [-0.2, 0) is 28.4 Å². The van der Waals surface area contributed by atoms with Gasteiger partial charge >= 0.3 is 0 Å². The highest BCUT2D eigenvalue weighted by molar-refractivity contribution is 5.44. The highest BCUT2D eigenvalue weighted by Crippen LogP contribution is 2.75. The Bertz CT molecular complexity index is 1350. The van der Waals surface area contributed by atoms with Crippen molar-refractivity contribution in [2.45, 2.75) is 163 Å². The van der Waals surface area contributed by atoms with E-state index in [0.29, 0.717) is 23.7 Å². The fourth-order valence-corrected chi connectivity index (χ4v) is 14.6. The smallest absolute Gasteiger partial charge is 0.171 e. The van der Waals surface area contributed by atoms with Crippen LogP contribution >= 0.6 is 0 Å². The first-order valence-electron chi connectivity index (χ1n) is 19.8. The average Bonchev–Trinajstić information content (AvgIpc) is 3.56. The maximum atomic E-state index is 10.5. The van der Waals surface area contributed by atoms with Gasteiger partial charge in [-0.2, -0.15) is 0 Å². The second kappa shape index (κ2) is 9.57. The Hall–Kier alpha value is -0.840. The number of fused-ring (bicyclic) bond motifs is 6. The third-order valence-electron chi connectivity index (χ3n) is 17.2. The summed E-state index contributed by atoms with van der Waals surface area (Å²) in [6.07, 6.45) is 21.5. The zero-order valence-electron chi connectivity index (χ0n) is 29.1. The van der Waals surface area contributed by atoms with Gasteiger partial charge in [0, 0.05) is 36.5 Å². The first kappa shape index (κ1) is 30.8. The van der Waals surface area contributed by atoms with Crippen molar-refractivity contribution in [3.63, 3.8) is 0 Å². The molecule has 12 rings (SSSR count). The molecular formula is C40H56O8. The van der Waals surface area contributed by atoms with E-state index in [9.17, 15) is 10.2 Å². The monoisotopic (exact) mass is 664 g/mol. The van der Waals surface area contributed by atoms with Gasteiger partial charge in [0.25, 0.3) is 0 Å². The Morgan fingerprint density at radius 1 is 0.542 bits per heavy atom. The number of allylic oxidation sites excluding steroid dienone is 2. The molecule has 264 valence electrons. The van der Waals surface area contributed by atoms with Crippen LogP contribution in [0.2, 0.25) is 0 Å². The van der Waals surface area contributed by atoms with Gasteiger partial charge in [0.05, 0.1) is 38.6 Å². The Labute approximate surface area is 285 Å². The normalized spacial score (nSPS) is 56.9. The molecule has 12 aliphatic rings. The van der Waals surface area contributed by atoms with Crippen molar-refractivity contribution >= 4 is 0 Å². The molecule has 0 amide bonds. The molecule has 0 aromatic rings. The standard InChI is InChI=1S/2C20H28O4/c2*1-17-6-5-15-13(14(17)2-3-16(17)21)4-7-18-12-19(22-10-11-23-19)8-9-20(15,18)24-18/h2*5,13-14,16,21H,2-4,6-12H2,1H3/t13-,14-,16+,17-,18+,20+;13-,14-,16-,17-,18+,20+/m00/s1. The van der Waals surface area contributed by atoms with Crippen LogP contribution in [0.3, 0.4) is 0 Å². The maximum absolute atomic E-state index is 10.5. The average molecular weight is 665 g/mol. The molecule has 2 N–H and O–H groups in total. The van der Waals surface area contributed by atoms with E-state index < -0.39 is 0 Å². The quantitative estimate of drug-likeness (QED) is 0.245. The minimum absolute atomic E-state index is 0.0225. The number of hydrogen-bond donors (Lipinski definition) is 2. The van der Waals surface area contributed by atoms with Crippen molar-refractivity contribution in [1.82, 2.24) is 0 Å². The second-order valence-corrected chi connectivity index (χ2v) is 18.8. The number of hydrogen-bond acceptors (Lipinski definition) is 8. The van der Waals surface area contributed by atoms with Crippen molar-refractivity contribution in [2.24, 2.45) is 34.5 Å². The molecule has 8 heteroatoms. The predicted octanol–water partition coefficient (Wildman–Crippen LogP) is 5.88. The molecular weight excluding hydrogens is 608 g/mol. The fourth-order valence-electron chi connectivity index (χ4n) is 14.6. The summed E-state index contributed by atoms with van der Waals surface area (Å²) in [5.41, 5.74) is 3.25. The van der Waals surface area contributed by atoms with Gasteiger partial charge in [-0.3, -0.25) is 0 Å². The van der Waals surface area contributed by atoms with E-state index in [1.165, 1.54) is 25.7 Å². The lowest BCUT2D eigenvalue weighted by Crippen LogP contribution is -2.52. The molecule has 48 heavy (non-hydrogen) atoms. The van der Waals surface area contributed by atoms with E-state index >= 15 is 0 Å². The van der Waals surface area contributed by atoms with E-state index in [1.54, 1.807) is 11.1 Å². The highest BCUT2D eigenvalue weighted by atomic mass is 16.7. The summed E-state index contributed by atoms with van der Waals surface area (Å²) in [7, 11) is 0. The third kappa shape index (κ3) is 3.66. The lowest BCUT2D eigenvalue weighted by atomic mass is 9.54. The van der Waals surface area contributed by atoms with Gasteiger partial charge in [-0.15, -0.1) is 0 Å². The maximum Gasteiger partial charge on any atom is 0.171 e. The Balaban J connectivity index is 0.000000117. The van der Waals surface area contributed by atoms with E-state index in [4.69, 9.17) is 28.4 Å². The van der Waals surface area contributed by atoms with Gasteiger partial charge in [-0.25, -0.2) is 0 Å². The van der Waals surface area contributed by atoms with Crippen molar-refractivity contribution in [2.75, 3.05) is 26.4 Å². The number of aliphatic hydroxyl groups excluding tert-OH is 2. The minimum atomic E-state index is -0.361. The van der Waals surface area contributed by atoms with Crippen LogP contribution in [0.1, 0.15) is 117 Å². The molecule has 2 spiro atoms. The molecule has 12 atom stereocenters. The SMILES string of the molecule is C[C@]12CC=C3[C@@H](CC[C@@]45CC6(CC[C@@]34O5)OCCO6)[C@@H]1CC[C@@H]2O.C[C@]12CC=C3[C@@H](CC[C@@]45CC6(CC[C@@]34O5)OCCO6)[C@@H]1CC[C@H]2O. The topological polar surface area (TPSA) is 102 Å². The zero-order valence-corrected chi connectivity index (χ0v) is 29.1. The zero-order chi connectivity index (χ0) is 32.4. The van der Waals surface area contributed by atoms with Crippen LogP contribution in [0.15, 0.2) is 23.3 Å². The van der Waals surface area contributed by atoms with E-state index in [2.05, 4.69) is 26.0 Å². The Morgan fingerprint density at radius 2 is 0.958 bits per heavy atom. The molecule has 4 aliphatic heterocycles. The minimum Gasteiger partial charge on any atom is -0.393 e. The van der Waals surface area contributed by atoms with Crippen LogP contribution in [0, 0.1) is 34.5 Å². The van der Waals surface area contributed by atoms with Crippen molar-refractivity contribution in [3.8, 4) is 0 Å². The van der Waals surface area contributed by atoms with Crippen molar-refractivity contribution < 1.29 is 38.6 Å². The number of aliphatic hydroxyl groups is 2. The molecule has 4 saturated heterocycles. The van der Waals surface area contributed by atoms with Crippen LogP contribution in [0.25, 0.3) is 0 Å². The lowest BCUT2D eigenvalue weighted by molar-refractivity contribution is -0.185. The molecule has 8 nitrogen and oxygen atoms in total. The van der Waals surface area contributed by atoms with Gasteiger partial charge in [0.1, 0.15) is 22.4 Å². The summed E-state index contributed by atoms with van der Waals surface area (Å²) in [5.74, 6) is 1.80. The van der Waals surface area contributed by atoms with Gasteiger partial charge < -0.3 is 38.6 Å². The number of rotatable bonds is 0. The van der Waals surface area contributed by atoms with Gasteiger partial charge in [0.15, 0.2) is 11.6 Å².